The topological polar surface area (TPSA) is 77.8 Å². The van der Waals surface area contributed by atoms with E-state index in [0.717, 1.165) is 0 Å². The van der Waals surface area contributed by atoms with Crippen molar-refractivity contribution in [2.45, 2.75) is 0 Å². The molecule has 0 aliphatic rings. The summed E-state index contributed by atoms with van der Waals surface area (Å²) in [6.45, 7) is 2.00. The second-order valence-electron chi connectivity index (χ2n) is 0.346. The molecule has 0 heterocycles. The summed E-state index contributed by atoms with van der Waals surface area (Å²) in [5.74, 6) is 0. The molecule has 52 valence electrons. The van der Waals surface area contributed by atoms with E-state index < -0.39 is 7.32 Å². The van der Waals surface area contributed by atoms with Gasteiger partial charge in [-0.15, -0.1) is 0 Å². The summed E-state index contributed by atoms with van der Waals surface area (Å²) < 4.78 is 0. The van der Waals surface area contributed by atoms with Crippen LogP contribution in [0.5, 0.6) is 0 Å². The van der Waals surface area contributed by atoms with Gasteiger partial charge in [0, 0.05) is 0 Å². The van der Waals surface area contributed by atoms with Crippen LogP contribution < -0.4 is 24.8 Å². The number of halogens is 2. The molecule has 0 unspecified atom stereocenters. The third kappa shape index (κ3) is 248. The summed E-state index contributed by atoms with van der Waals surface area (Å²) >= 11 is 0. The molecule has 0 spiro atoms. The SMILES string of the molecule is C=O.OB(O)O.[Ca+2].[Cl-].[Cl-]. The molecule has 0 fully saturated rings. The van der Waals surface area contributed by atoms with E-state index in [1.165, 1.54) is 0 Å². The van der Waals surface area contributed by atoms with Crippen LogP contribution in [0.25, 0.3) is 0 Å². The molecule has 0 aromatic carbocycles. The van der Waals surface area contributed by atoms with Gasteiger partial charge in [0.1, 0.15) is 6.79 Å². The van der Waals surface area contributed by atoms with Crippen molar-refractivity contribution in [1.29, 1.82) is 0 Å². The molecule has 4 nitrogen and oxygen atoms in total. The van der Waals surface area contributed by atoms with Gasteiger partial charge in [-0.3, -0.25) is 0 Å². The van der Waals surface area contributed by atoms with Crippen molar-refractivity contribution in [1.82, 2.24) is 0 Å². The van der Waals surface area contributed by atoms with Crippen LogP contribution >= 0.6 is 0 Å². The van der Waals surface area contributed by atoms with Gasteiger partial charge in [-0.2, -0.15) is 0 Å². The third-order valence-electron chi connectivity index (χ3n) is 0. The summed E-state index contributed by atoms with van der Waals surface area (Å²) in [5.41, 5.74) is 0. The fourth-order valence-corrected chi connectivity index (χ4v) is 0. The van der Waals surface area contributed by atoms with E-state index in [0.29, 0.717) is 0 Å². The summed E-state index contributed by atoms with van der Waals surface area (Å²) in [6.07, 6.45) is 0. The average Bonchev–Trinajstić information content (AvgIpc) is 1.41. The molecule has 0 saturated carbocycles. The molecule has 0 radical (unpaired) electrons. The van der Waals surface area contributed by atoms with Gasteiger partial charge in [-0.1, -0.05) is 0 Å². The molecular formula is CH5BCaCl2O4. The van der Waals surface area contributed by atoms with Crippen molar-refractivity contribution in [2.24, 2.45) is 0 Å². The fraction of sp³-hybridized carbons (Fsp3) is 0. The zero-order chi connectivity index (χ0) is 5.58. The van der Waals surface area contributed by atoms with Crippen LogP contribution in [0, 0.1) is 0 Å². The first-order valence-electron chi connectivity index (χ1n) is 1.06. The van der Waals surface area contributed by atoms with Crippen molar-refractivity contribution in [2.75, 3.05) is 0 Å². The van der Waals surface area contributed by atoms with Crippen LogP contribution in [0.15, 0.2) is 0 Å². The maximum absolute atomic E-state index is 8.00. The molecule has 0 saturated heterocycles. The van der Waals surface area contributed by atoms with Gasteiger partial charge in [0.25, 0.3) is 0 Å². The normalized spacial score (nSPS) is 3.44. The smallest absolute Gasteiger partial charge is 1.00 e. The van der Waals surface area contributed by atoms with Gasteiger partial charge in [0.2, 0.25) is 0 Å². The van der Waals surface area contributed by atoms with Gasteiger partial charge in [-0.25, -0.2) is 0 Å². The van der Waals surface area contributed by atoms with Gasteiger partial charge in [0.05, 0.1) is 0 Å². The van der Waals surface area contributed by atoms with E-state index >= 15 is 0 Å². The Kier molecular flexibility index (Phi) is 119. The molecular weight excluding hydrogens is 198 g/mol. The first-order valence-corrected chi connectivity index (χ1v) is 1.06. The number of hydrogen-bond acceptors (Lipinski definition) is 4. The molecule has 0 aliphatic carbocycles. The van der Waals surface area contributed by atoms with Crippen molar-refractivity contribution < 1.29 is 44.7 Å². The molecule has 9 heavy (non-hydrogen) atoms. The zero-order valence-electron chi connectivity index (χ0n) is 4.50. The van der Waals surface area contributed by atoms with E-state index in [9.17, 15) is 0 Å². The molecule has 3 N–H and O–H groups in total. The maximum Gasteiger partial charge on any atom is 2.00 e. The third-order valence-corrected chi connectivity index (χ3v) is 0. The Bertz CT molecular complexity index is 29.8. The van der Waals surface area contributed by atoms with Gasteiger partial charge in [-0.05, 0) is 0 Å². The number of carbonyl (C=O) groups is 1. The Labute approximate surface area is 95.6 Å². The van der Waals surface area contributed by atoms with Crippen LogP contribution in [-0.4, -0.2) is 66.9 Å². The summed E-state index contributed by atoms with van der Waals surface area (Å²) in [4.78, 5) is 8.00. The number of rotatable bonds is 0. The largest absolute Gasteiger partial charge is 2.00 e. The Morgan fingerprint density at radius 3 is 1.00 bits per heavy atom. The van der Waals surface area contributed by atoms with E-state index in [2.05, 4.69) is 0 Å². The van der Waals surface area contributed by atoms with Crippen molar-refractivity contribution in [3.8, 4) is 0 Å². The van der Waals surface area contributed by atoms with Gasteiger partial charge >= 0.3 is 45.1 Å². The standard InChI is InChI=1S/CH2O.BH3O3.Ca.2ClH/c1-2;2-1(3)4;;;/h1H2;2-4H;;2*1H/q;;+2;;/p-2. The summed E-state index contributed by atoms with van der Waals surface area (Å²) in [7, 11) is -2.17. The molecule has 0 rings (SSSR count). The van der Waals surface area contributed by atoms with Crippen LogP contribution in [-0.2, 0) is 4.79 Å². The fourth-order valence-electron chi connectivity index (χ4n) is 0. The summed E-state index contributed by atoms with van der Waals surface area (Å²) in [6, 6.07) is 0. The van der Waals surface area contributed by atoms with E-state index in [4.69, 9.17) is 19.9 Å². The van der Waals surface area contributed by atoms with Crippen LogP contribution in [0.3, 0.4) is 0 Å². The van der Waals surface area contributed by atoms with Gasteiger partial charge < -0.3 is 44.7 Å². The zero-order valence-corrected chi connectivity index (χ0v) is 8.22. The summed E-state index contributed by atoms with van der Waals surface area (Å²) in [5, 5.41) is 21.5. The predicted molar refractivity (Wildman–Crippen MR) is 25.3 cm³/mol. The Morgan fingerprint density at radius 1 is 1.00 bits per heavy atom. The maximum atomic E-state index is 8.00. The first kappa shape index (κ1) is 31.4. The van der Waals surface area contributed by atoms with Gasteiger partial charge in [0.15, 0.2) is 0 Å². The first-order chi connectivity index (χ1) is 2.73. The van der Waals surface area contributed by atoms with Crippen LogP contribution in [0.2, 0.25) is 0 Å². The van der Waals surface area contributed by atoms with Crippen LogP contribution in [0.1, 0.15) is 0 Å². The Balaban J connectivity index is -0.00000000990. The monoisotopic (exact) mass is 202 g/mol. The second-order valence-corrected chi connectivity index (χ2v) is 0.346. The van der Waals surface area contributed by atoms with Crippen molar-refractivity contribution in [3.63, 3.8) is 0 Å². The molecule has 8 heteroatoms. The van der Waals surface area contributed by atoms with E-state index in [1.807, 2.05) is 6.79 Å². The van der Waals surface area contributed by atoms with Crippen molar-refractivity contribution >= 4 is 51.8 Å². The molecule has 0 aliphatic heterocycles. The van der Waals surface area contributed by atoms with E-state index in [1.54, 1.807) is 0 Å². The number of carbonyl (C=O) groups excluding carboxylic acids is 1. The average molecular weight is 203 g/mol. The molecule has 0 aromatic rings. The molecule has 0 atom stereocenters. The molecule has 0 aromatic heterocycles. The minimum atomic E-state index is -2.17. The minimum Gasteiger partial charge on any atom is -1.00 e. The number of hydrogen-bond donors (Lipinski definition) is 3. The minimum absolute atomic E-state index is 0. The van der Waals surface area contributed by atoms with Crippen LogP contribution in [0.4, 0.5) is 0 Å². The predicted octanol–water partition coefficient (Wildman–Crippen LogP) is -8.61. The Morgan fingerprint density at radius 2 is 1.00 bits per heavy atom. The molecule has 0 amide bonds. The van der Waals surface area contributed by atoms with Crippen molar-refractivity contribution in [3.05, 3.63) is 0 Å². The van der Waals surface area contributed by atoms with E-state index in [-0.39, 0.29) is 62.6 Å². The quantitative estimate of drug-likeness (QED) is 0.341. The second kappa shape index (κ2) is 34.1. The Hall–Kier alpha value is 1.45. The molecule has 0 bridgehead atoms.